The Morgan fingerprint density at radius 2 is 2.00 bits per heavy atom. The number of hydrogen-bond donors (Lipinski definition) is 1. The van der Waals surface area contributed by atoms with Crippen molar-refractivity contribution in [2.45, 2.75) is 33.1 Å². The minimum absolute atomic E-state index is 0.329. The average Bonchev–Trinajstić information content (AvgIpc) is 2.00. The van der Waals surface area contributed by atoms with Gasteiger partial charge in [-0.2, -0.15) is 0 Å². The van der Waals surface area contributed by atoms with Crippen molar-refractivity contribution in [3.8, 4) is 12.3 Å². The third kappa shape index (κ3) is 1.98. The summed E-state index contributed by atoms with van der Waals surface area (Å²) in [6.07, 6.45) is 6.62. The summed E-state index contributed by atoms with van der Waals surface area (Å²) in [6, 6.07) is 0. The van der Waals surface area contributed by atoms with Gasteiger partial charge in [-0.3, -0.25) is 4.79 Å². The maximum atomic E-state index is 10.8. The standard InChI is InChI=1S/C9H14O2/c1-4-7-9(5-2,6-3)8(10)11/h1H,5-7H2,2-3H3,(H,10,11). The number of hydrogen-bond acceptors (Lipinski definition) is 1. The quantitative estimate of drug-likeness (QED) is 0.628. The number of terminal acetylenes is 1. The maximum absolute atomic E-state index is 10.8. The molecule has 0 saturated heterocycles. The molecule has 0 aliphatic carbocycles. The van der Waals surface area contributed by atoms with E-state index in [0.29, 0.717) is 19.3 Å². The first-order valence-electron chi connectivity index (χ1n) is 3.79. The van der Waals surface area contributed by atoms with E-state index in [0.717, 1.165) is 0 Å². The van der Waals surface area contributed by atoms with Gasteiger partial charge in [0.2, 0.25) is 0 Å². The summed E-state index contributed by atoms with van der Waals surface area (Å²) in [5.41, 5.74) is -0.686. The van der Waals surface area contributed by atoms with E-state index in [1.54, 1.807) is 0 Å². The zero-order valence-electron chi connectivity index (χ0n) is 7.05. The molecule has 0 heterocycles. The first kappa shape index (κ1) is 10.0. The van der Waals surface area contributed by atoms with Crippen LogP contribution in [0.3, 0.4) is 0 Å². The van der Waals surface area contributed by atoms with Crippen molar-refractivity contribution in [2.24, 2.45) is 5.41 Å². The second-order valence-corrected chi connectivity index (χ2v) is 2.67. The third-order valence-corrected chi connectivity index (χ3v) is 2.25. The van der Waals surface area contributed by atoms with Crippen LogP contribution in [0, 0.1) is 17.8 Å². The Kier molecular flexibility index (Phi) is 3.67. The van der Waals surface area contributed by atoms with Crippen molar-refractivity contribution in [1.29, 1.82) is 0 Å². The molecule has 0 bridgehead atoms. The van der Waals surface area contributed by atoms with Gasteiger partial charge < -0.3 is 5.11 Å². The van der Waals surface area contributed by atoms with Crippen molar-refractivity contribution >= 4 is 5.97 Å². The van der Waals surface area contributed by atoms with Crippen molar-refractivity contribution < 1.29 is 9.90 Å². The lowest BCUT2D eigenvalue weighted by atomic mass is 9.80. The molecular weight excluding hydrogens is 140 g/mol. The van der Waals surface area contributed by atoms with E-state index in [9.17, 15) is 4.79 Å². The van der Waals surface area contributed by atoms with Gasteiger partial charge in [0.15, 0.2) is 0 Å². The summed E-state index contributed by atoms with van der Waals surface area (Å²) in [5, 5.41) is 8.86. The van der Waals surface area contributed by atoms with Crippen molar-refractivity contribution in [3.05, 3.63) is 0 Å². The largest absolute Gasteiger partial charge is 0.481 e. The fraction of sp³-hybridized carbons (Fsp3) is 0.667. The van der Waals surface area contributed by atoms with Crippen LogP contribution in [0.25, 0.3) is 0 Å². The van der Waals surface area contributed by atoms with Crippen molar-refractivity contribution in [1.82, 2.24) is 0 Å². The Bertz CT molecular complexity index is 172. The van der Waals surface area contributed by atoms with Crippen LogP contribution in [-0.2, 0) is 4.79 Å². The van der Waals surface area contributed by atoms with Crippen LogP contribution in [0.4, 0.5) is 0 Å². The highest BCUT2D eigenvalue weighted by atomic mass is 16.4. The Labute approximate surface area is 67.6 Å². The number of carboxylic acids is 1. The molecular formula is C9H14O2. The monoisotopic (exact) mass is 154 g/mol. The van der Waals surface area contributed by atoms with E-state index in [1.165, 1.54) is 0 Å². The summed E-state index contributed by atoms with van der Waals surface area (Å²) >= 11 is 0. The lowest BCUT2D eigenvalue weighted by Crippen LogP contribution is -2.28. The summed E-state index contributed by atoms with van der Waals surface area (Å²) in [6.45, 7) is 3.71. The number of carbonyl (C=O) groups is 1. The van der Waals surface area contributed by atoms with Gasteiger partial charge in [-0.05, 0) is 12.8 Å². The fourth-order valence-electron chi connectivity index (χ4n) is 1.07. The predicted molar refractivity (Wildman–Crippen MR) is 44.1 cm³/mol. The summed E-state index contributed by atoms with van der Waals surface area (Å²) < 4.78 is 0. The number of aliphatic carboxylic acids is 1. The van der Waals surface area contributed by atoms with Crippen LogP contribution in [0.15, 0.2) is 0 Å². The number of carboxylic acid groups (broad SMARTS) is 1. The van der Waals surface area contributed by atoms with E-state index in [2.05, 4.69) is 5.92 Å². The van der Waals surface area contributed by atoms with Gasteiger partial charge in [-0.1, -0.05) is 13.8 Å². The second kappa shape index (κ2) is 4.02. The molecule has 0 aromatic carbocycles. The van der Waals surface area contributed by atoms with Crippen LogP contribution in [0.1, 0.15) is 33.1 Å². The van der Waals surface area contributed by atoms with Gasteiger partial charge in [-0.15, -0.1) is 12.3 Å². The molecule has 0 spiro atoms. The molecule has 11 heavy (non-hydrogen) atoms. The molecule has 1 N–H and O–H groups in total. The minimum Gasteiger partial charge on any atom is -0.481 e. The van der Waals surface area contributed by atoms with Gasteiger partial charge >= 0.3 is 5.97 Å². The lowest BCUT2D eigenvalue weighted by molar-refractivity contribution is -0.149. The molecule has 0 amide bonds. The normalized spacial score (nSPS) is 10.6. The Hall–Kier alpha value is -0.970. The molecule has 0 aliphatic rings. The minimum atomic E-state index is -0.777. The first-order chi connectivity index (χ1) is 5.13. The molecule has 0 aromatic rings. The van der Waals surface area contributed by atoms with Crippen LogP contribution in [0.2, 0.25) is 0 Å². The highest BCUT2D eigenvalue weighted by Gasteiger charge is 2.33. The number of rotatable bonds is 4. The molecule has 2 heteroatoms. The second-order valence-electron chi connectivity index (χ2n) is 2.67. The van der Waals surface area contributed by atoms with E-state index < -0.39 is 11.4 Å². The molecule has 0 fully saturated rings. The van der Waals surface area contributed by atoms with Gasteiger partial charge in [0.1, 0.15) is 0 Å². The molecule has 0 radical (unpaired) electrons. The molecule has 0 aromatic heterocycles. The summed E-state index contributed by atoms with van der Waals surface area (Å²) in [7, 11) is 0. The zero-order chi connectivity index (χ0) is 8.91. The molecule has 0 saturated carbocycles. The van der Waals surface area contributed by atoms with Crippen molar-refractivity contribution in [2.75, 3.05) is 0 Å². The van der Waals surface area contributed by atoms with Crippen LogP contribution in [-0.4, -0.2) is 11.1 Å². The third-order valence-electron chi connectivity index (χ3n) is 2.25. The Morgan fingerprint density at radius 3 is 2.09 bits per heavy atom. The Balaban J connectivity index is 4.49. The molecule has 0 rings (SSSR count). The predicted octanol–water partition coefficient (Wildman–Crippen LogP) is 1.90. The lowest BCUT2D eigenvalue weighted by Gasteiger charge is -2.23. The van der Waals surface area contributed by atoms with E-state index in [-0.39, 0.29) is 0 Å². The molecule has 0 unspecified atom stereocenters. The Morgan fingerprint density at radius 1 is 1.55 bits per heavy atom. The molecule has 62 valence electrons. The highest BCUT2D eigenvalue weighted by Crippen LogP contribution is 2.30. The summed E-state index contributed by atoms with van der Waals surface area (Å²) in [5.74, 6) is 1.63. The zero-order valence-corrected chi connectivity index (χ0v) is 7.05. The van der Waals surface area contributed by atoms with Gasteiger partial charge in [0.05, 0.1) is 5.41 Å². The average molecular weight is 154 g/mol. The molecule has 0 aliphatic heterocycles. The molecule has 0 atom stereocenters. The van der Waals surface area contributed by atoms with E-state index in [4.69, 9.17) is 11.5 Å². The maximum Gasteiger partial charge on any atom is 0.310 e. The van der Waals surface area contributed by atoms with E-state index >= 15 is 0 Å². The van der Waals surface area contributed by atoms with Crippen LogP contribution >= 0.6 is 0 Å². The van der Waals surface area contributed by atoms with Gasteiger partial charge in [0.25, 0.3) is 0 Å². The SMILES string of the molecule is C#CCC(CC)(CC)C(=O)O. The van der Waals surface area contributed by atoms with E-state index in [1.807, 2.05) is 13.8 Å². The highest BCUT2D eigenvalue weighted by molar-refractivity contribution is 5.74. The van der Waals surface area contributed by atoms with Crippen LogP contribution < -0.4 is 0 Å². The summed E-state index contributed by atoms with van der Waals surface area (Å²) in [4.78, 5) is 10.8. The molecule has 2 nitrogen and oxygen atoms in total. The van der Waals surface area contributed by atoms with Crippen molar-refractivity contribution in [3.63, 3.8) is 0 Å². The first-order valence-corrected chi connectivity index (χ1v) is 3.79. The fourth-order valence-corrected chi connectivity index (χ4v) is 1.07. The van der Waals surface area contributed by atoms with Gasteiger partial charge in [0, 0.05) is 6.42 Å². The topological polar surface area (TPSA) is 37.3 Å². The van der Waals surface area contributed by atoms with Gasteiger partial charge in [-0.25, -0.2) is 0 Å². The van der Waals surface area contributed by atoms with Crippen LogP contribution in [0.5, 0.6) is 0 Å². The smallest absolute Gasteiger partial charge is 0.310 e.